The smallest absolute Gasteiger partial charge is 0.254 e. The summed E-state index contributed by atoms with van der Waals surface area (Å²) >= 11 is 3.26. The van der Waals surface area contributed by atoms with E-state index in [9.17, 15) is 21.6 Å². The molecule has 0 aliphatic carbocycles. The van der Waals surface area contributed by atoms with Crippen molar-refractivity contribution in [2.45, 2.75) is 19.1 Å². The fourth-order valence-corrected chi connectivity index (χ4v) is 5.25. The molecule has 11 heteroatoms. The van der Waals surface area contributed by atoms with E-state index in [0.717, 1.165) is 28.8 Å². The van der Waals surface area contributed by atoms with Crippen LogP contribution in [-0.4, -0.2) is 29.2 Å². The highest BCUT2D eigenvalue weighted by atomic mass is 79.9. The van der Waals surface area contributed by atoms with Gasteiger partial charge in [-0.25, -0.2) is 9.97 Å². The third-order valence-corrected chi connectivity index (χ3v) is 7.09. The number of nitrogens with zero attached hydrogens (tertiary/aromatic N) is 3. The van der Waals surface area contributed by atoms with Crippen LogP contribution in [0.1, 0.15) is 16.7 Å². The van der Waals surface area contributed by atoms with E-state index in [-0.39, 0.29) is 18.9 Å². The summed E-state index contributed by atoms with van der Waals surface area (Å²) in [4.78, 5) is 7.63. The Balaban J connectivity index is 1.63. The quantitative estimate of drug-likeness (QED) is 0.552. The Morgan fingerprint density at radius 2 is 1.90 bits per heavy atom. The van der Waals surface area contributed by atoms with Gasteiger partial charge in [0.2, 0.25) is 0 Å². The number of alkyl halides is 3. The van der Waals surface area contributed by atoms with Crippen LogP contribution in [0.2, 0.25) is 0 Å². The van der Waals surface area contributed by atoms with Gasteiger partial charge < -0.3 is 0 Å². The molecule has 0 bridgehead atoms. The lowest BCUT2D eigenvalue weighted by Crippen LogP contribution is -2.39. The van der Waals surface area contributed by atoms with Crippen LogP contribution < -0.4 is 4.72 Å². The molecule has 1 aliphatic heterocycles. The van der Waals surface area contributed by atoms with Crippen molar-refractivity contribution < 1.29 is 21.6 Å². The average Bonchev–Trinajstić information content (AvgIpc) is 2.73. The first kappa shape index (κ1) is 21.7. The van der Waals surface area contributed by atoms with Gasteiger partial charge >= 0.3 is 16.4 Å². The second kappa shape index (κ2) is 8.21. The van der Waals surface area contributed by atoms with Crippen LogP contribution in [-0.2, 0) is 29.4 Å². The first-order valence-electron chi connectivity index (χ1n) is 9.17. The third-order valence-electron chi connectivity index (χ3n) is 4.97. The molecule has 6 nitrogen and oxygen atoms in total. The molecule has 0 amide bonds. The second-order valence-electron chi connectivity index (χ2n) is 6.92. The minimum absolute atomic E-state index is 0.141. The standard InChI is InChI=1S/C20H16BrF3N4O2S/c21-18-10-14(20(22,23)24)4-5-17(18)16-3-1-2-13-11-28(9-7-15(13)16)31(29,30)27-19-6-8-25-12-26-19/h1-6,8,10,12H,7,9,11H2,(H,25,26,27). The Kier molecular flexibility index (Phi) is 5.75. The zero-order valence-electron chi connectivity index (χ0n) is 15.9. The van der Waals surface area contributed by atoms with Gasteiger partial charge in [-0.2, -0.15) is 25.9 Å². The van der Waals surface area contributed by atoms with Crippen molar-refractivity contribution in [2.24, 2.45) is 0 Å². The summed E-state index contributed by atoms with van der Waals surface area (Å²) in [5.41, 5.74) is 2.38. The molecule has 0 saturated heterocycles. The van der Waals surface area contributed by atoms with Crippen LogP contribution in [0, 0.1) is 0 Å². The molecule has 2 aromatic carbocycles. The minimum atomic E-state index is -4.43. The molecule has 1 aliphatic rings. The molecule has 162 valence electrons. The Morgan fingerprint density at radius 1 is 1.10 bits per heavy atom. The fourth-order valence-electron chi connectivity index (χ4n) is 3.50. The molecule has 0 unspecified atom stereocenters. The molecule has 4 rings (SSSR count). The normalized spacial score (nSPS) is 14.8. The third kappa shape index (κ3) is 4.58. The van der Waals surface area contributed by atoms with Crippen molar-refractivity contribution in [1.29, 1.82) is 0 Å². The number of benzene rings is 2. The van der Waals surface area contributed by atoms with Crippen LogP contribution in [0.5, 0.6) is 0 Å². The summed E-state index contributed by atoms with van der Waals surface area (Å²) in [6.07, 6.45) is -1.32. The van der Waals surface area contributed by atoms with Crippen LogP contribution in [0.3, 0.4) is 0 Å². The van der Waals surface area contributed by atoms with Gasteiger partial charge in [0.15, 0.2) is 0 Å². The van der Waals surface area contributed by atoms with E-state index in [2.05, 4.69) is 30.6 Å². The highest BCUT2D eigenvalue weighted by Gasteiger charge is 2.32. The largest absolute Gasteiger partial charge is 0.416 e. The highest BCUT2D eigenvalue weighted by molar-refractivity contribution is 9.10. The number of aromatic nitrogens is 2. The van der Waals surface area contributed by atoms with Crippen molar-refractivity contribution in [3.63, 3.8) is 0 Å². The van der Waals surface area contributed by atoms with E-state index < -0.39 is 21.9 Å². The number of nitrogens with one attached hydrogen (secondary N) is 1. The SMILES string of the molecule is O=S(=O)(Nc1ccncn1)N1CCc2c(cccc2-c2ccc(C(F)(F)F)cc2Br)C1. The average molecular weight is 513 g/mol. The van der Waals surface area contributed by atoms with Crippen LogP contribution in [0.15, 0.2) is 59.5 Å². The van der Waals surface area contributed by atoms with E-state index in [0.29, 0.717) is 16.5 Å². The Morgan fingerprint density at radius 3 is 2.58 bits per heavy atom. The first-order valence-corrected chi connectivity index (χ1v) is 11.4. The lowest BCUT2D eigenvalue weighted by molar-refractivity contribution is -0.137. The number of anilines is 1. The maximum absolute atomic E-state index is 13.0. The van der Waals surface area contributed by atoms with Crippen molar-refractivity contribution in [2.75, 3.05) is 11.3 Å². The first-order chi connectivity index (χ1) is 14.6. The second-order valence-corrected chi connectivity index (χ2v) is 9.45. The Labute approximate surface area is 185 Å². The van der Waals surface area contributed by atoms with Gasteiger partial charge in [-0.05, 0) is 46.9 Å². The Hall–Kier alpha value is -2.50. The topological polar surface area (TPSA) is 75.2 Å². The van der Waals surface area contributed by atoms with Gasteiger partial charge in [0, 0.05) is 23.8 Å². The van der Waals surface area contributed by atoms with E-state index in [1.165, 1.54) is 29.0 Å². The van der Waals surface area contributed by atoms with Gasteiger partial charge in [-0.1, -0.05) is 40.2 Å². The summed E-state index contributed by atoms with van der Waals surface area (Å²) in [6, 6.07) is 10.4. The zero-order valence-corrected chi connectivity index (χ0v) is 18.3. The van der Waals surface area contributed by atoms with Gasteiger partial charge in [0.05, 0.1) is 5.56 Å². The molecule has 0 atom stereocenters. The van der Waals surface area contributed by atoms with Crippen LogP contribution in [0.25, 0.3) is 11.1 Å². The monoisotopic (exact) mass is 512 g/mol. The van der Waals surface area contributed by atoms with Crippen molar-refractivity contribution in [1.82, 2.24) is 14.3 Å². The lowest BCUT2D eigenvalue weighted by Gasteiger charge is -2.29. The molecule has 0 spiro atoms. The summed E-state index contributed by atoms with van der Waals surface area (Å²) < 4.78 is 68.5. The number of hydrogen-bond acceptors (Lipinski definition) is 4. The molecular weight excluding hydrogens is 497 g/mol. The molecule has 0 radical (unpaired) electrons. The van der Waals surface area contributed by atoms with Gasteiger partial charge in [-0.3, -0.25) is 4.72 Å². The molecule has 0 fully saturated rings. The zero-order chi connectivity index (χ0) is 22.2. The van der Waals surface area contributed by atoms with Gasteiger partial charge in [-0.15, -0.1) is 0 Å². The molecular formula is C20H16BrF3N4O2S. The maximum Gasteiger partial charge on any atom is 0.416 e. The van der Waals surface area contributed by atoms with Crippen LogP contribution in [0.4, 0.5) is 19.0 Å². The van der Waals surface area contributed by atoms with Crippen molar-refractivity contribution in [3.05, 3.63) is 76.2 Å². The molecule has 0 saturated carbocycles. The molecule has 2 heterocycles. The minimum Gasteiger partial charge on any atom is -0.254 e. The number of fused-ring (bicyclic) bond motifs is 1. The summed E-state index contributed by atoms with van der Waals surface area (Å²) in [6.45, 7) is 0.366. The summed E-state index contributed by atoms with van der Waals surface area (Å²) in [5.74, 6) is 0.170. The summed E-state index contributed by atoms with van der Waals surface area (Å²) in [7, 11) is -3.83. The highest BCUT2D eigenvalue weighted by Crippen LogP contribution is 2.38. The predicted molar refractivity (Wildman–Crippen MR) is 113 cm³/mol. The van der Waals surface area contributed by atoms with Gasteiger partial charge in [0.1, 0.15) is 12.1 Å². The molecule has 1 aromatic heterocycles. The number of hydrogen-bond donors (Lipinski definition) is 1. The predicted octanol–water partition coefficient (Wildman–Crippen LogP) is 4.64. The molecule has 1 N–H and O–H groups in total. The van der Waals surface area contributed by atoms with E-state index >= 15 is 0 Å². The molecule has 3 aromatic rings. The van der Waals surface area contributed by atoms with Crippen LogP contribution >= 0.6 is 15.9 Å². The maximum atomic E-state index is 13.0. The van der Waals surface area contributed by atoms with Gasteiger partial charge in [0.25, 0.3) is 0 Å². The number of rotatable bonds is 4. The summed E-state index contributed by atoms with van der Waals surface area (Å²) in [5, 5.41) is 0. The fraction of sp³-hybridized carbons (Fsp3) is 0.200. The van der Waals surface area contributed by atoms with E-state index in [1.807, 2.05) is 12.1 Å². The van der Waals surface area contributed by atoms with Crippen molar-refractivity contribution in [3.8, 4) is 11.1 Å². The van der Waals surface area contributed by atoms with E-state index in [1.54, 1.807) is 6.07 Å². The molecule has 31 heavy (non-hydrogen) atoms. The van der Waals surface area contributed by atoms with E-state index in [4.69, 9.17) is 0 Å². The Bertz CT molecular complexity index is 1220. The number of halogens is 4. The lowest BCUT2D eigenvalue weighted by atomic mass is 9.91. The van der Waals surface area contributed by atoms with Crippen molar-refractivity contribution >= 4 is 32.0 Å².